The van der Waals surface area contributed by atoms with E-state index in [0.717, 1.165) is 11.5 Å². The highest BCUT2D eigenvalue weighted by Crippen LogP contribution is 2.16. The Labute approximate surface area is 67.2 Å². The normalized spacial score (nSPS) is 23.6. The average Bonchev–Trinajstić information content (AvgIpc) is 2.32. The van der Waals surface area contributed by atoms with E-state index in [1.165, 1.54) is 0 Å². The van der Waals surface area contributed by atoms with Crippen molar-refractivity contribution in [2.24, 2.45) is 0 Å². The van der Waals surface area contributed by atoms with Crippen LogP contribution in [0.5, 0.6) is 0 Å². The molecule has 1 atom stereocenters. The second-order valence-corrected chi connectivity index (χ2v) is 2.39. The molecule has 11 heavy (non-hydrogen) atoms. The van der Waals surface area contributed by atoms with Gasteiger partial charge in [-0.25, -0.2) is 0 Å². The minimum Gasteiger partial charge on any atom is -0.469 e. The number of rotatable bonds is 2. The monoisotopic (exact) mass is 151 g/mol. The van der Waals surface area contributed by atoms with Crippen molar-refractivity contribution in [2.45, 2.75) is 20.1 Å². The summed E-state index contributed by atoms with van der Waals surface area (Å²) in [6.45, 7) is 7.58. The van der Waals surface area contributed by atoms with Crippen molar-refractivity contribution < 1.29 is 4.74 Å². The van der Waals surface area contributed by atoms with Crippen LogP contribution >= 0.6 is 0 Å². The van der Waals surface area contributed by atoms with Crippen LogP contribution in [0.15, 0.2) is 36.3 Å². The molecule has 0 aromatic carbocycles. The maximum atomic E-state index is 5.37. The molecule has 0 bridgehead atoms. The maximum Gasteiger partial charge on any atom is 0.167 e. The second kappa shape index (κ2) is 3.28. The zero-order valence-corrected chi connectivity index (χ0v) is 6.92. The van der Waals surface area contributed by atoms with Gasteiger partial charge in [0.2, 0.25) is 0 Å². The summed E-state index contributed by atoms with van der Waals surface area (Å²) in [6.07, 6.45) is 5.72. The Bertz CT molecular complexity index is 216. The molecule has 1 heterocycles. The van der Waals surface area contributed by atoms with Crippen LogP contribution in [0.25, 0.3) is 0 Å². The summed E-state index contributed by atoms with van der Waals surface area (Å²) in [6, 6.07) is 0. The summed E-state index contributed by atoms with van der Waals surface area (Å²) >= 11 is 0. The van der Waals surface area contributed by atoms with Gasteiger partial charge in [0.15, 0.2) is 6.23 Å². The number of hydrogen-bond donors (Lipinski definition) is 1. The highest BCUT2D eigenvalue weighted by Gasteiger charge is 2.15. The second-order valence-electron chi connectivity index (χ2n) is 2.39. The lowest BCUT2D eigenvalue weighted by Gasteiger charge is -2.03. The number of allylic oxidation sites excluding steroid dienone is 3. The van der Waals surface area contributed by atoms with Crippen LogP contribution in [0.2, 0.25) is 0 Å². The van der Waals surface area contributed by atoms with Crippen molar-refractivity contribution in [3.05, 3.63) is 36.3 Å². The smallest absolute Gasteiger partial charge is 0.167 e. The number of ether oxygens (including phenoxy) is 1. The van der Waals surface area contributed by atoms with Crippen molar-refractivity contribution in [3.8, 4) is 0 Å². The van der Waals surface area contributed by atoms with Crippen molar-refractivity contribution in [2.75, 3.05) is 0 Å². The van der Waals surface area contributed by atoms with E-state index in [-0.39, 0.29) is 6.23 Å². The largest absolute Gasteiger partial charge is 0.469 e. The number of nitrogens with one attached hydrogen (secondary N) is 1. The third-order valence-electron chi connectivity index (χ3n) is 1.45. The van der Waals surface area contributed by atoms with Gasteiger partial charge in [-0.2, -0.15) is 0 Å². The molecule has 1 unspecified atom stereocenters. The molecular formula is C9H13NO. The van der Waals surface area contributed by atoms with Gasteiger partial charge in [-0.3, -0.25) is 0 Å². The minimum atomic E-state index is 0.0641. The first kappa shape index (κ1) is 7.92. The molecule has 1 N–H and O–H groups in total. The Hall–Kier alpha value is -1.18. The van der Waals surface area contributed by atoms with Gasteiger partial charge >= 0.3 is 0 Å². The van der Waals surface area contributed by atoms with Crippen LogP contribution in [0.1, 0.15) is 13.8 Å². The van der Waals surface area contributed by atoms with Crippen molar-refractivity contribution in [1.82, 2.24) is 5.32 Å². The lowest BCUT2D eigenvalue weighted by atomic mass is 10.3. The van der Waals surface area contributed by atoms with E-state index >= 15 is 0 Å². The van der Waals surface area contributed by atoms with Crippen LogP contribution in [0.4, 0.5) is 0 Å². The van der Waals surface area contributed by atoms with E-state index in [0.29, 0.717) is 0 Å². The highest BCUT2D eigenvalue weighted by atomic mass is 16.5. The minimum absolute atomic E-state index is 0.0641. The van der Waals surface area contributed by atoms with Gasteiger partial charge in [0.1, 0.15) is 5.76 Å². The third-order valence-corrected chi connectivity index (χ3v) is 1.45. The standard InChI is InChI=1S/C9H13NO/c1-4-6-8-9(5-2)11-7(3)10-8/h4-7,10H,2H2,1,3H3/b6-4-. The lowest BCUT2D eigenvalue weighted by Crippen LogP contribution is -2.18. The van der Waals surface area contributed by atoms with Gasteiger partial charge in [0.05, 0.1) is 5.70 Å². The predicted molar refractivity (Wildman–Crippen MR) is 45.7 cm³/mol. The molecule has 0 aromatic rings. The predicted octanol–water partition coefficient (Wildman–Crippen LogP) is 1.93. The van der Waals surface area contributed by atoms with Crippen molar-refractivity contribution >= 4 is 0 Å². The molecule has 0 saturated carbocycles. The quantitative estimate of drug-likeness (QED) is 0.651. The first-order valence-corrected chi connectivity index (χ1v) is 3.70. The Kier molecular flexibility index (Phi) is 2.36. The molecule has 0 fully saturated rings. The van der Waals surface area contributed by atoms with Gasteiger partial charge in [0.25, 0.3) is 0 Å². The van der Waals surface area contributed by atoms with Crippen LogP contribution in [0, 0.1) is 0 Å². The molecule has 0 spiro atoms. The first-order valence-electron chi connectivity index (χ1n) is 3.70. The molecule has 1 aliphatic heterocycles. The summed E-state index contributed by atoms with van der Waals surface area (Å²) in [5.74, 6) is 0.829. The molecule has 2 nitrogen and oxygen atoms in total. The van der Waals surface area contributed by atoms with E-state index in [1.807, 2.05) is 26.0 Å². The van der Waals surface area contributed by atoms with Crippen LogP contribution in [-0.2, 0) is 4.74 Å². The SMILES string of the molecule is C=CC1=C(/C=C\C)NC(C)O1. The van der Waals surface area contributed by atoms with Gasteiger partial charge in [-0.05, 0) is 26.0 Å². The van der Waals surface area contributed by atoms with Crippen molar-refractivity contribution in [1.29, 1.82) is 0 Å². The molecular weight excluding hydrogens is 138 g/mol. The summed E-state index contributed by atoms with van der Waals surface area (Å²) < 4.78 is 5.37. The fourth-order valence-corrected chi connectivity index (χ4v) is 1.03. The molecule has 0 aliphatic carbocycles. The molecule has 0 aromatic heterocycles. The number of hydrogen-bond acceptors (Lipinski definition) is 2. The van der Waals surface area contributed by atoms with Gasteiger partial charge in [0, 0.05) is 0 Å². The molecule has 2 heteroatoms. The van der Waals surface area contributed by atoms with Crippen LogP contribution in [-0.4, -0.2) is 6.23 Å². The Balaban J connectivity index is 2.79. The highest BCUT2D eigenvalue weighted by molar-refractivity contribution is 5.29. The molecule has 1 aliphatic rings. The van der Waals surface area contributed by atoms with E-state index in [2.05, 4.69) is 11.9 Å². The lowest BCUT2D eigenvalue weighted by molar-refractivity contribution is 0.153. The zero-order chi connectivity index (χ0) is 8.27. The molecule has 0 amide bonds. The Morgan fingerprint density at radius 1 is 1.64 bits per heavy atom. The van der Waals surface area contributed by atoms with Crippen LogP contribution in [0.3, 0.4) is 0 Å². The Morgan fingerprint density at radius 3 is 2.91 bits per heavy atom. The van der Waals surface area contributed by atoms with Crippen molar-refractivity contribution in [3.63, 3.8) is 0 Å². The van der Waals surface area contributed by atoms with E-state index in [4.69, 9.17) is 4.74 Å². The fourth-order valence-electron chi connectivity index (χ4n) is 1.03. The van der Waals surface area contributed by atoms with E-state index < -0.39 is 0 Å². The summed E-state index contributed by atoms with van der Waals surface area (Å²) in [7, 11) is 0. The average molecular weight is 151 g/mol. The topological polar surface area (TPSA) is 21.3 Å². The molecule has 60 valence electrons. The molecule has 0 saturated heterocycles. The summed E-state index contributed by atoms with van der Waals surface area (Å²) in [5.41, 5.74) is 1.01. The summed E-state index contributed by atoms with van der Waals surface area (Å²) in [5, 5.41) is 3.16. The van der Waals surface area contributed by atoms with Gasteiger partial charge in [-0.15, -0.1) is 0 Å². The fraction of sp³-hybridized carbons (Fsp3) is 0.333. The summed E-state index contributed by atoms with van der Waals surface area (Å²) in [4.78, 5) is 0. The van der Waals surface area contributed by atoms with E-state index in [1.54, 1.807) is 6.08 Å². The first-order chi connectivity index (χ1) is 5.27. The molecule has 1 rings (SSSR count). The molecule has 0 radical (unpaired) electrons. The Morgan fingerprint density at radius 2 is 2.36 bits per heavy atom. The maximum absolute atomic E-state index is 5.37. The van der Waals surface area contributed by atoms with Crippen LogP contribution < -0.4 is 5.32 Å². The van der Waals surface area contributed by atoms with Gasteiger partial charge in [-0.1, -0.05) is 12.7 Å². The third kappa shape index (κ3) is 1.64. The van der Waals surface area contributed by atoms with Gasteiger partial charge < -0.3 is 10.1 Å². The van der Waals surface area contributed by atoms with E-state index in [9.17, 15) is 0 Å². The zero-order valence-electron chi connectivity index (χ0n) is 6.92.